The smallest absolute Gasteiger partial charge is 0.246 e. The maximum Gasteiger partial charge on any atom is 0.246 e. The SMILES string of the molecule is CSc1nc2cnc(-c3ccccc3)nc2n1CC(=O)N(C)c1ccccc1. The lowest BCUT2D eigenvalue weighted by atomic mass is 10.2. The van der Waals surface area contributed by atoms with E-state index < -0.39 is 0 Å². The third-order valence-corrected chi connectivity index (χ3v) is 5.16. The van der Waals surface area contributed by atoms with E-state index in [-0.39, 0.29) is 12.5 Å². The van der Waals surface area contributed by atoms with Crippen LogP contribution in [0.15, 0.2) is 72.0 Å². The highest BCUT2D eigenvalue weighted by molar-refractivity contribution is 7.98. The van der Waals surface area contributed by atoms with Crippen molar-refractivity contribution >= 4 is 34.5 Å². The minimum atomic E-state index is -0.0410. The van der Waals surface area contributed by atoms with E-state index in [0.29, 0.717) is 17.0 Å². The molecule has 0 bridgehead atoms. The van der Waals surface area contributed by atoms with Crippen molar-refractivity contribution in [3.63, 3.8) is 0 Å². The average molecular weight is 389 g/mol. The molecule has 4 rings (SSSR count). The predicted molar refractivity (Wildman–Crippen MR) is 112 cm³/mol. The molecule has 4 aromatic rings. The molecule has 0 aliphatic rings. The summed E-state index contributed by atoms with van der Waals surface area (Å²) < 4.78 is 1.86. The highest BCUT2D eigenvalue weighted by atomic mass is 32.2. The van der Waals surface area contributed by atoms with Crippen LogP contribution in [0.1, 0.15) is 0 Å². The lowest BCUT2D eigenvalue weighted by Gasteiger charge is -2.18. The summed E-state index contributed by atoms with van der Waals surface area (Å²) in [7, 11) is 1.78. The van der Waals surface area contributed by atoms with Gasteiger partial charge in [0.2, 0.25) is 5.91 Å². The van der Waals surface area contributed by atoms with E-state index in [1.807, 2.05) is 71.5 Å². The number of anilines is 1. The van der Waals surface area contributed by atoms with Crippen LogP contribution in [-0.2, 0) is 11.3 Å². The number of carbonyl (C=O) groups excluding carboxylic acids is 1. The highest BCUT2D eigenvalue weighted by Crippen LogP contribution is 2.24. The van der Waals surface area contributed by atoms with Crippen molar-refractivity contribution < 1.29 is 4.79 Å². The number of fused-ring (bicyclic) bond motifs is 1. The fourth-order valence-corrected chi connectivity index (χ4v) is 3.52. The summed E-state index contributed by atoms with van der Waals surface area (Å²) in [6.07, 6.45) is 3.65. The Morgan fingerprint density at radius 3 is 2.39 bits per heavy atom. The third kappa shape index (κ3) is 3.48. The van der Waals surface area contributed by atoms with Gasteiger partial charge in [-0.3, -0.25) is 9.36 Å². The van der Waals surface area contributed by atoms with Gasteiger partial charge >= 0.3 is 0 Å². The standard InChI is InChI=1S/C21H19N5OS/c1-25(16-11-7-4-8-12-16)18(27)14-26-20-17(23-21(26)28-2)13-22-19(24-20)15-9-5-3-6-10-15/h3-13H,14H2,1-2H3. The third-order valence-electron chi connectivity index (χ3n) is 4.48. The van der Waals surface area contributed by atoms with Crippen LogP contribution in [0.25, 0.3) is 22.6 Å². The first-order valence-corrected chi connectivity index (χ1v) is 10.0. The number of imidazole rings is 1. The van der Waals surface area contributed by atoms with Crippen molar-refractivity contribution in [1.29, 1.82) is 0 Å². The summed E-state index contributed by atoms with van der Waals surface area (Å²) in [6.45, 7) is 0.156. The molecule has 28 heavy (non-hydrogen) atoms. The molecule has 0 radical (unpaired) electrons. The molecule has 0 N–H and O–H groups in total. The minimum Gasteiger partial charge on any atom is -0.314 e. The van der Waals surface area contributed by atoms with Crippen molar-refractivity contribution in [3.05, 3.63) is 66.9 Å². The van der Waals surface area contributed by atoms with Gasteiger partial charge < -0.3 is 4.90 Å². The Balaban J connectivity index is 1.72. The molecule has 0 aliphatic heterocycles. The Labute approximate surface area is 167 Å². The molecule has 6 nitrogen and oxygen atoms in total. The van der Waals surface area contributed by atoms with Crippen molar-refractivity contribution in [2.24, 2.45) is 0 Å². The molecular formula is C21H19N5OS. The predicted octanol–water partition coefficient (Wildman–Crippen LogP) is 3.88. The van der Waals surface area contributed by atoms with Crippen LogP contribution < -0.4 is 4.90 Å². The van der Waals surface area contributed by atoms with Gasteiger partial charge in [0.15, 0.2) is 16.6 Å². The minimum absolute atomic E-state index is 0.0410. The highest BCUT2D eigenvalue weighted by Gasteiger charge is 2.18. The fraction of sp³-hybridized carbons (Fsp3) is 0.143. The first-order valence-electron chi connectivity index (χ1n) is 8.81. The number of thioether (sulfide) groups is 1. The Hall–Kier alpha value is -3.19. The van der Waals surface area contributed by atoms with E-state index in [4.69, 9.17) is 4.98 Å². The molecule has 140 valence electrons. The van der Waals surface area contributed by atoms with Gasteiger partial charge in [-0.25, -0.2) is 15.0 Å². The number of amides is 1. The fourth-order valence-electron chi connectivity index (χ4n) is 2.96. The van der Waals surface area contributed by atoms with E-state index in [1.54, 1.807) is 18.1 Å². The normalized spacial score (nSPS) is 10.9. The Kier molecular flexibility index (Phi) is 5.08. The van der Waals surface area contributed by atoms with Crippen molar-refractivity contribution in [3.8, 4) is 11.4 Å². The van der Waals surface area contributed by atoms with Crippen LogP contribution in [0.4, 0.5) is 5.69 Å². The number of nitrogens with zero attached hydrogens (tertiary/aromatic N) is 5. The summed E-state index contributed by atoms with van der Waals surface area (Å²) in [5.41, 5.74) is 3.12. The summed E-state index contributed by atoms with van der Waals surface area (Å²) in [5.74, 6) is 0.575. The van der Waals surface area contributed by atoms with E-state index >= 15 is 0 Å². The first kappa shape index (κ1) is 18.2. The molecule has 2 heterocycles. The lowest BCUT2D eigenvalue weighted by molar-refractivity contribution is -0.118. The Bertz CT molecular complexity index is 1110. The molecule has 0 spiro atoms. The maximum atomic E-state index is 12.9. The van der Waals surface area contributed by atoms with E-state index in [1.165, 1.54) is 11.8 Å². The molecule has 0 fully saturated rings. The number of likely N-dealkylation sites (N-methyl/N-ethyl adjacent to an activating group) is 1. The van der Waals surface area contributed by atoms with Gasteiger partial charge in [-0.1, -0.05) is 60.3 Å². The maximum absolute atomic E-state index is 12.9. The van der Waals surface area contributed by atoms with Gasteiger partial charge in [0.25, 0.3) is 0 Å². The second-order valence-corrected chi connectivity index (χ2v) is 7.01. The van der Waals surface area contributed by atoms with Gasteiger partial charge in [-0.15, -0.1) is 0 Å². The molecule has 0 atom stereocenters. The summed E-state index contributed by atoms with van der Waals surface area (Å²) in [6, 6.07) is 19.4. The number of carbonyl (C=O) groups is 1. The molecular weight excluding hydrogens is 370 g/mol. The summed E-state index contributed by atoms with van der Waals surface area (Å²) in [5, 5.41) is 0.740. The number of hydrogen-bond donors (Lipinski definition) is 0. The average Bonchev–Trinajstić information content (AvgIpc) is 3.11. The number of hydrogen-bond acceptors (Lipinski definition) is 5. The number of para-hydroxylation sites is 1. The number of aromatic nitrogens is 4. The topological polar surface area (TPSA) is 63.9 Å². The number of rotatable bonds is 5. The second-order valence-electron chi connectivity index (χ2n) is 6.24. The molecule has 0 aliphatic carbocycles. The molecule has 7 heteroatoms. The number of benzene rings is 2. The monoisotopic (exact) mass is 389 g/mol. The Morgan fingerprint density at radius 2 is 1.71 bits per heavy atom. The van der Waals surface area contributed by atoms with Gasteiger partial charge in [-0.2, -0.15) is 0 Å². The van der Waals surface area contributed by atoms with Crippen molar-refractivity contribution in [1.82, 2.24) is 19.5 Å². The van der Waals surface area contributed by atoms with Crippen LogP contribution in [-0.4, -0.2) is 38.7 Å². The molecule has 0 saturated carbocycles. The van der Waals surface area contributed by atoms with Crippen LogP contribution in [0.5, 0.6) is 0 Å². The van der Waals surface area contributed by atoms with Crippen LogP contribution in [0, 0.1) is 0 Å². The van der Waals surface area contributed by atoms with Crippen LogP contribution in [0.2, 0.25) is 0 Å². The molecule has 0 unspecified atom stereocenters. The van der Waals surface area contributed by atoms with Crippen LogP contribution in [0.3, 0.4) is 0 Å². The first-order chi connectivity index (χ1) is 13.7. The molecule has 0 saturated heterocycles. The zero-order valence-corrected chi connectivity index (χ0v) is 16.4. The quantitative estimate of drug-likeness (QED) is 0.485. The zero-order valence-electron chi connectivity index (χ0n) is 15.6. The lowest BCUT2D eigenvalue weighted by Crippen LogP contribution is -2.30. The zero-order chi connectivity index (χ0) is 19.5. The van der Waals surface area contributed by atoms with Crippen molar-refractivity contribution in [2.45, 2.75) is 11.7 Å². The van der Waals surface area contributed by atoms with Gasteiger partial charge in [0.05, 0.1) is 6.20 Å². The molecule has 1 amide bonds. The molecule has 2 aromatic heterocycles. The summed E-state index contributed by atoms with van der Waals surface area (Å²) in [4.78, 5) is 28.3. The largest absolute Gasteiger partial charge is 0.314 e. The second kappa shape index (κ2) is 7.82. The Morgan fingerprint density at radius 1 is 1.04 bits per heavy atom. The van der Waals surface area contributed by atoms with Gasteiger partial charge in [0.1, 0.15) is 12.1 Å². The van der Waals surface area contributed by atoms with Gasteiger partial charge in [0, 0.05) is 18.3 Å². The summed E-state index contributed by atoms with van der Waals surface area (Å²) >= 11 is 1.49. The van der Waals surface area contributed by atoms with Gasteiger partial charge in [-0.05, 0) is 18.4 Å². The van der Waals surface area contributed by atoms with Crippen LogP contribution >= 0.6 is 11.8 Å². The molecule has 2 aromatic carbocycles. The van der Waals surface area contributed by atoms with E-state index in [2.05, 4.69) is 9.97 Å². The van der Waals surface area contributed by atoms with E-state index in [9.17, 15) is 4.79 Å². The van der Waals surface area contributed by atoms with E-state index in [0.717, 1.165) is 16.4 Å². The van der Waals surface area contributed by atoms with Crippen molar-refractivity contribution in [2.75, 3.05) is 18.2 Å².